The molecular weight excluding hydrogens is 420 g/mol. The highest BCUT2D eigenvalue weighted by Crippen LogP contribution is 2.19. The second kappa shape index (κ2) is 12.3. The van der Waals surface area contributed by atoms with Gasteiger partial charge in [-0.2, -0.15) is 24.4 Å². The van der Waals surface area contributed by atoms with E-state index >= 15 is 0 Å². The van der Waals surface area contributed by atoms with Gasteiger partial charge in [0.15, 0.2) is 0 Å². The summed E-state index contributed by atoms with van der Waals surface area (Å²) in [4.78, 5) is 50.2. The van der Waals surface area contributed by atoms with Crippen molar-refractivity contribution in [2.24, 2.45) is 5.73 Å². The largest absolute Gasteiger partial charge is 0.480 e. The van der Waals surface area contributed by atoms with Crippen molar-refractivity contribution in [3.05, 3.63) is 0 Å². The lowest BCUT2D eigenvalue weighted by Crippen LogP contribution is -2.59. The summed E-state index contributed by atoms with van der Waals surface area (Å²) >= 11 is 5.44. The number of nitrogens with two attached hydrogens (primary N) is 1. The van der Waals surface area contributed by atoms with Gasteiger partial charge in [-0.25, -0.2) is 4.79 Å². The van der Waals surface area contributed by atoms with Crippen LogP contribution in [0, 0.1) is 0 Å². The van der Waals surface area contributed by atoms with E-state index in [4.69, 9.17) is 10.8 Å². The van der Waals surface area contributed by atoms with Gasteiger partial charge in [-0.1, -0.05) is 0 Å². The first-order valence-electron chi connectivity index (χ1n) is 9.31. The maximum absolute atomic E-state index is 12.7. The number of amides is 3. The number of carboxylic acids is 1. The van der Waals surface area contributed by atoms with E-state index in [1.807, 2.05) is 6.26 Å². The molecule has 1 saturated heterocycles. The third-order valence-corrected chi connectivity index (χ3v) is 5.66. The van der Waals surface area contributed by atoms with Crippen molar-refractivity contribution in [3.63, 3.8) is 0 Å². The fourth-order valence-corrected chi connectivity index (χ4v) is 3.72. The molecule has 0 aromatic heterocycles. The van der Waals surface area contributed by atoms with E-state index in [1.165, 1.54) is 11.8 Å². The fraction of sp³-hybridized carbons (Fsp3) is 0.765. The summed E-state index contributed by atoms with van der Waals surface area (Å²) in [7, 11) is 0. The number of carboxylic acid groups (broad SMARTS) is 1. The Bertz CT molecular complexity index is 606. The first-order valence-corrected chi connectivity index (χ1v) is 11.3. The minimum absolute atomic E-state index is 0.152. The molecule has 1 aliphatic heterocycles. The predicted octanol–water partition coefficient (Wildman–Crippen LogP) is -1.58. The van der Waals surface area contributed by atoms with Gasteiger partial charge < -0.3 is 31.5 Å². The Hall–Kier alpha value is -1.50. The SMILES string of the molecule is CSCCC(N)C(=O)N1CCCC1C(=O)NC(C(=O)NC(CS)C(=O)O)C(C)O. The van der Waals surface area contributed by atoms with Crippen LogP contribution in [0.4, 0.5) is 0 Å². The summed E-state index contributed by atoms with van der Waals surface area (Å²) in [6, 6.07) is -4.13. The number of hydrogen-bond donors (Lipinski definition) is 6. The zero-order chi connectivity index (χ0) is 22.1. The van der Waals surface area contributed by atoms with Crippen LogP contribution in [0.5, 0.6) is 0 Å². The number of aliphatic carboxylic acids is 1. The van der Waals surface area contributed by atoms with Gasteiger partial charge in [0.25, 0.3) is 0 Å². The Kier molecular flexibility index (Phi) is 10.8. The topological polar surface area (TPSA) is 162 Å². The predicted molar refractivity (Wildman–Crippen MR) is 113 cm³/mol. The molecule has 166 valence electrons. The number of nitrogens with one attached hydrogen (secondary N) is 2. The van der Waals surface area contributed by atoms with E-state index in [2.05, 4.69) is 23.3 Å². The quantitative estimate of drug-likeness (QED) is 0.206. The Labute approximate surface area is 179 Å². The third kappa shape index (κ3) is 7.36. The van der Waals surface area contributed by atoms with Gasteiger partial charge in [0.05, 0.1) is 12.1 Å². The Morgan fingerprint density at radius 1 is 1.31 bits per heavy atom. The normalized spacial score (nSPS) is 20.4. The van der Waals surface area contributed by atoms with Crippen LogP contribution in [0.25, 0.3) is 0 Å². The number of carbonyl (C=O) groups excluding carboxylic acids is 3. The van der Waals surface area contributed by atoms with Crippen molar-refractivity contribution in [3.8, 4) is 0 Å². The average molecular weight is 451 g/mol. The molecule has 12 heteroatoms. The van der Waals surface area contributed by atoms with Crippen LogP contribution in [-0.2, 0) is 19.2 Å². The molecule has 0 bridgehead atoms. The molecule has 0 aromatic rings. The van der Waals surface area contributed by atoms with Gasteiger partial charge in [0.1, 0.15) is 18.1 Å². The van der Waals surface area contributed by atoms with E-state index in [-0.39, 0.29) is 11.7 Å². The minimum Gasteiger partial charge on any atom is -0.480 e. The van der Waals surface area contributed by atoms with Gasteiger partial charge in [0.2, 0.25) is 17.7 Å². The zero-order valence-corrected chi connectivity index (χ0v) is 18.2. The number of aliphatic hydroxyl groups excluding tert-OH is 1. The van der Waals surface area contributed by atoms with Crippen LogP contribution in [0.2, 0.25) is 0 Å². The molecule has 0 aliphatic carbocycles. The summed E-state index contributed by atoms with van der Waals surface area (Å²) < 4.78 is 0. The van der Waals surface area contributed by atoms with Crippen molar-refractivity contribution < 1.29 is 29.4 Å². The van der Waals surface area contributed by atoms with Gasteiger partial charge >= 0.3 is 5.97 Å². The van der Waals surface area contributed by atoms with Crippen molar-refractivity contribution in [1.29, 1.82) is 0 Å². The van der Waals surface area contributed by atoms with Crippen LogP contribution in [-0.4, -0.2) is 93.4 Å². The molecule has 0 radical (unpaired) electrons. The van der Waals surface area contributed by atoms with Crippen molar-refractivity contribution in [2.45, 2.75) is 56.5 Å². The molecule has 29 heavy (non-hydrogen) atoms. The summed E-state index contributed by atoms with van der Waals surface area (Å²) in [6.45, 7) is 1.69. The maximum Gasteiger partial charge on any atom is 0.327 e. The summed E-state index contributed by atoms with van der Waals surface area (Å²) in [5.74, 6) is -2.47. The van der Waals surface area contributed by atoms with Crippen LogP contribution in [0.1, 0.15) is 26.2 Å². The molecule has 1 heterocycles. The molecule has 1 aliphatic rings. The third-order valence-electron chi connectivity index (χ3n) is 4.65. The highest BCUT2D eigenvalue weighted by Gasteiger charge is 2.38. The van der Waals surface area contributed by atoms with E-state index < -0.39 is 48.1 Å². The van der Waals surface area contributed by atoms with Crippen molar-refractivity contribution >= 4 is 48.1 Å². The minimum atomic E-state index is -1.37. The number of likely N-dealkylation sites (tertiary alicyclic amines) is 1. The van der Waals surface area contributed by atoms with E-state index in [1.54, 1.807) is 11.8 Å². The smallest absolute Gasteiger partial charge is 0.327 e. The second-order valence-electron chi connectivity index (χ2n) is 6.89. The molecular formula is C17H30N4O6S2. The fourth-order valence-electron chi connectivity index (χ4n) is 2.99. The lowest BCUT2D eigenvalue weighted by molar-refractivity contribution is -0.143. The number of aliphatic hydroxyl groups is 1. The van der Waals surface area contributed by atoms with Crippen LogP contribution in [0.15, 0.2) is 0 Å². The first kappa shape index (κ1) is 25.5. The van der Waals surface area contributed by atoms with Crippen molar-refractivity contribution in [1.82, 2.24) is 15.5 Å². The number of hydrogen-bond acceptors (Lipinski definition) is 8. The standard InChI is InChI=1S/C17H30N4O6S2/c1-9(22)13(15(24)19-11(8-28)17(26)27)20-14(23)12-4-3-6-21(12)16(25)10(18)5-7-29-2/h9-13,22,28H,3-8,18H2,1-2H3,(H,19,24)(H,20,23)(H,26,27). The van der Waals surface area contributed by atoms with Crippen molar-refractivity contribution in [2.75, 3.05) is 24.3 Å². The van der Waals surface area contributed by atoms with Crippen LogP contribution >= 0.6 is 24.4 Å². The number of thiol groups is 1. The van der Waals surface area contributed by atoms with Gasteiger partial charge in [-0.05, 0) is 38.2 Å². The summed E-state index contributed by atoms with van der Waals surface area (Å²) in [6.07, 6.45) is 2.15. The molecule has 5 atom stereocenters. The van der Waals surface area contributed by atoms with Crippen LogP contribution < -0.4 is 16.4 Å². The number of rotatable bonds is 11. The molecule has 3 amide bonds. The van der Waals surface area contributed by atoms with Gasteiger partial charge in [0, 0.05) is 12.3 Å². The van der Waals surface area contributed by atoms with Crippen LogP contribution in [0.3, 0.4) is 0 Å². The number of nitrogens with zero attached hydrogens (tertiary/aromatic N) is 1. The zero-order valence-electron chi connectivity index (χ0n) is 16.5. The lowest BCUT2D eigenvalue weighted by atomic mass is 10.1. The highest BCUT2D eigenvalue weighted by atomic mass is 32.2. The Morgan fingerprint density at radius 2 is 1.97 bits per heavy atom. The second-order valence-corrected chi connectivity index (χ2v) is 8.24. The molecule has 6 N–H and O–H groups in total. The lowest BCUT2D eigenvalue weighted by Gasteiger charge is -2.29. The first-order chi connectivity index (χ1) is 13.6. The molecule has 1 fully saturated rings. The number of thioether (sulfide) groups is 1. The summed E-state index contributed by atoms with van der Waals surface area (Å²) in [5.41, 5.74) is 5.94. The Balaban J connectivity index is 2.82. The van der Waals surface area contributed by atoms with E-state index in [0.717, 1.165) is 5.75 Å². The van der Waals surface area contributed by atoms with E-state index in [0.29, 0.717) is 25.8 Å². The molecule has 5 unspecified atom stereocenters. The molecule has 0 saturated carbocycles. The summed E-state index contributed by atoms with van der Waals surface area (Å²) in [5, 5.41) is 23.6. The van der Waals surface area contributed by atoms with E-state index in [9.17, 15) is 24.3 Å². The monoisotopic (exact) mass is 450 g/mol. The average Bonchev–Trinajstić information content (AvgIpc) is 3.16. The highest BCUT2D eigenvalue weighted by molar-refractivity contribution is 7.98. The Morgan fingerprint density at radius 3 is 2.48 bits per heavy atom. The van der Waals surface area contributed by atoms with Gasteiger partial charge in [-0.3, -0.25) is 14.4 Å². The molecule has 0 aromatic carbocycles. The molecule has 0 spiro atoms. The maximum atomic E-state index is 12.7. The molecule has 1 rings (SSSR count). The molecule has 10 nitrogen and oxygen atoms in total. The number of carbonyl (C=O) groups is 4. The van der Waals surface area contributed by atoms with Gasteiger partial charge in [-0.15, -0.1) is 0 Å².